The van der Waals surface area contributed by atoms with E-state index >= 15 is 0 Å². The van der Waals surface area contributed by atoms with Crippen molar-refractivity contribution in [1.29, 1.82) is 0 Å². The molecular formula is C22H25N3O5. The molecule has 0 fully saturated rings. The average molecular weight is 411 g/mol. The van der Waals surface area contributed by atoms with Crippen LogP contribution in [0.2, 0.25) is 0 Å². The van der Waals surface area contributed by atoms with Crippen molar-refractivity contribution < 1.29 is 19.2 Å². The van der Waals surface area contributed by atoms with E-state index < -0.39 is 17.5 Å². The Bertz CT molecular complexity index is 973. The summed E-state index contributed by atoms with van der Waals surface area (Å²) in [7, 11) is 5.15. The van der Waals surface area contributed by atoms with Gasteiger partial charge >= 0.3 is 5.97 Å². The summed E-state index contributed by atoms with van der Waals surface area (Å²) in [5.74, 6) is -1.09. The Morgan fingerprint density at radius 3 is 2.60 bits per heavy atom. The van der Waals surface area contributed by atoms with Gasteiger partial charge in [0.15, 0.2) is 6.61 Å². The molecule has 3 rings (SSSR count). The number of likely N-dealkylation sites (N-methyl/N-ethyl adjacent to an activating group) is 1. The maximum Gasteiger partial charge on any atom is 0.341 e. The van der Waals surface area contributed by atoms with Gasteiger partial charge in [0.05, 0.1) is 22.2 Å². The Labute approximate surface area is 175 Å². The number of amides is 1. The van der Waals surface area contributed by atoms with Gasteiger partial charge in [0, 0.05) is 33.3 Å². The van der Waals surface area contributed by atoms with Crippen LogP contribution >= 0.6 is 0 Å². The number of anilines is 1. The molecule has 0 radical (unpaired) electrons. The van der Waals surface area contributed by atoms with E-state index in [0.717, 1.165) is 24.8 Å². The van der Waals surface area contributed by atoms with E-state index in [9.17, 15) is 19.7 Å². The second-order valence-corrected chi connectivity index (χ2v) is 7.54. The third-order valence-electron chi connectivity index (χ3n) is 5.42. The zero-order valence-electron chi connectivity index (χ0n) is 17.3. The highest BCUT2D eigenvalue weighted by atomic mass is 16.6. The predicted molar refractivity (Wildman–Crippen MR) is 113 cm³/mol. The minimum absolute atomic E-state index is 0.0488. The molecule has 0 heterocycles. The topological polar surface area (TPSA) is 93.0 Å². The van der Waals surface area contributed by atoms with E-state index in [2.05, 4.69) is 6.07 Å². The van der Waals surface area contributed by atoms with Gasteiger partial charge in [-0.3, -0.25) is 14.9 Å². The van der Waals surface area contributed by atoms with E-state index in [4.69, 9.17) is 4.74 Å². The molecular weight excluding hydrogens is 386 g/mol. The molecule has 8 nitrogen and oxygen atoms in total. The lowest BCUT2D eigenvalue weighted by Gasteiger charge is -2.33. The van der Waals surface area contributed by atoms with Gasteiger partial charge in [-0.1, -0.05) is 24.3 Å². The van der Waals surface area contributed by atoms with Gasteiger partial charge in [0.1, 0.15) is 0 Å². The molecule has 158 valence electrons. The Kier molecular flexibility index (Phi) is 6.34. The monoisotopic (exact) mass is 411 g/mol. The highest BCUT2D eigenvalue weighted by Crippen LogP contribution is 2.33. The fourth-order valence-corrected chi connectivity index (χ4v) is 3.80. The molecule has 0 saturated heterocycles. The van der Waals surface area contributed by atoms with E-state index in [1.165, 1.54) is 23.8 Å². The van der Waals surface area contributed by atoms with Crippen molar-refractivity contribution in [2.24, 2.45) is 0 Å². The Morgan fingerprint density at radius 2 is 1.90 bits per heavy atom. The van der Waals surface area contributed by atoms with Crippen molar-refractivity contribution in [1.82, 2.24) is 4.90 Å². The first kappa shape index (κ1) is 21.3. The van der Waals surface area contributed by atoms with Gasteiger partial charge in [0.2, 0.25) is 0 Å². The molecule has 2 aromatic rings. The fraction of sp³-hybridized carbons (Fsp3) is 0.364. The van der Waals surface area contributed by atoms with E-state index in [0.29, 0.717) is 5.69 Å². The number of hydrogen-bond acceptors (Lipinski definition) is 6. The van der Waals surface area contributed by atoms with E-state index in [1.54, 1.807) is 30.9 Å². The zero-order chi connectivity index (χ0) is 21.8. The van der Waals surface area contributed by atoms with Crippen LogP contribution in [0, 0.1) is 10.1 Å². The van der Waals surface area contributed by atoms with Crippen LogP contribution in [0.5, 0.6) is 0 Å². The van der Waals surface area contributed by atoms with Crippen molar-refractivity contribution in [3.8, 4) is 0 Å². The third-order valence-corrected chi connectivity index (χ3v) is 5.42. The first-order valence-electron chi connectivity index (χ1n) is 9.76. The zero-order valence-corrected chi connectivity index (χ0v) is 17.3. The number of fused-ring (bicyclic) bond motifs is 1. The van der Waals surface area contributed by atoms with Crippen LogP contribution in [0.25, 0.3) is 0 Å². The van der Waals surface area contributed by atoms with Gasteiger partial charge in [0.25, 0.3) is 11.6 Å². The number of nitro groups is 1. The van der Waals surface area contributed by atoms with E-state index in [1.807, 2.05) is 18.2 Å². The molecule has 1 atom stereocenters. The SMILES string of the molecule is CN(C)c1ccc([N+](=O)[O-])cc1C(=O)OCC(=O)N(C)[C@H]1CCCc2ccccc21. The van der Waals surface area contributed by atoms with Crippen LogP contribution < -0.4 is 4.90 Å². The minimum Gasteiger partial charge on any atom is -0.452 e. The molecule has 2 aromatic carbocycles. The average Bonchev–Trinajstić information content (AvgIpc) is 2.75. The number of esters is 1. The van der Waals surface area contributed by atoms with Crippen molar-refractivity contribution in [3.05, 3.63) is 69.3 Å². The molecule has 8 heteroatoms. The standard InChI is InChI=1S/C22H25N3O5/c1-23(2)19-12-11-16(25(28)29)13-18(19)22(27)30-14-21(26)24(3)20-10-6-8-15-7-4-5-9-17(15)20/h4-5,7,9,11-13,20H,6,8,10,14H2,1-3H3/t20-/m0/s1. The first-order valence-corrected chi connectivity index (χ1v) is 9.76. The number of nitrogens with zero attached hydrogens (tertiary/aromatic N) is 3. The number of nitro benzene ring substituents is 1. The molecule has 1 aliphatic carbocycles. The van der Waals surface area contributed by atoms with Crippen LogP contribution in [-0.4, -0.2) is 49.4 Å². The number of non-ortho nitro benzene ring substituents is 1. The van der Waals surface area contributed by atoms with Crippen molar-refractivity contribution in [2.75, 3.05) is 32.6 Å². The summed E-state index contributed by atoms with van der Waals surface area (Å²) in [5.41, 5.74) is 2.67. The number of benzene rings is 2. The molecule has 0 N–H and O–H groups in total. The summed E-state index contributed by atoms with van der Waals surface area (Å²) in [6, 6.07) is 12.0. The van der Waals surface area contributed by atoms with Gasteiger partial charge in [-0.15, -0.1) is 0 Å². The predicted octanol–water partition coefficient (Wildman–Crippen LogP) is 3.35. The smallest absolute Gasteiger partial charge is 0.341 e. The molecule has 0 spiro atoms. The molecule has 0 saturated carbocycles. The Balaban J connectivity index is 1.71. The van der Waals surface area contributed by atoms with Crippen LogP contribution in [0.4, 0.5) is 11.4 Å². The summed E-state index contributed by atoms with van der Waals surface area (Å²) in [6.45, 7) is -0.427. The number of ether oxygens (including phenoxy) is 1. The molecule has 1 amide bonds. The Morgan fingerprint density at radius 1 is 1.17 bits per heavy atom. The summed E-state index contributed by atoms with van der Waals surface area (Å²) >= 11 is 0. The molecule has 0 aliphatic heterocycles. The fourth-order valence-electron chi connectivity index (χ4n) is 3.80. The molecule has 0 bridgehead atoms. The summed E-state index contributed by atoms with van der Waals surface area (Å²) in [4.78, 5) is 39.1. The van der Waals surface area contributed by atoms with Crippen molar-refractivity contribution in [2.45, 2.75) is 25.3 Å². The van der Waals surface area contributed by atoms with Gasteiger partial charge in [-0.25, -0.2) is 4.79 Å². The number of carbonyl (C=O) groups excluding carboxylic acids is 2. The lowest BCUT2D eigenvalue weighted by molar-refractivity contribution is -0.384. The lowest BCUT2D eigenvalue weighted by Crippen LogP contribution is -2.36. The van der Waals surface area contributed by atoms with Crippen molar-refractivity contribution >= 4 is 23.3 Å². The van der Waals surface area contributed by atoms with Crippen LogP contribution in [0.15, 0.2) is 42.5 Å². The van der Waals surface area contributed by atoms with Crippen LogP contribution in [-0.2, 0) is 16.0 Å². The number of carbonyl (C=O) groups is 2. The summed E-state index contributed by atoms with van der Waals surface area (Å²) < 4.78 is 5.24. The number of aryl methyl sites for hydroxylation is 1. The maximum absolute atomic E-state index is 12.7. The highest BCUT2D eigenvalue weighted by molar-refractivity contribution is 5.97. The second-order valence-electron chi connectivity index (χ2n) is 7.54. The summed E-state index contributed by atoms with van der Waals surface area (Å²) in [5, 5.41) is 11.1. The van der Waals surface area contributed by atoms with Gasteiger partial charge < -0.3 is 14.5 Å². The maximum atomic E-state index is 12.7. The lowest BCUT2D eigenvalue weighted by atomic mass is 9.87. The van der Waals surface area contributed by atoms with Crippen LogP contribution in [0.1, 0.15) is 40.4 Å². The van der Waals surface area contributed by atoms with Crippen LogP contribution in [0.3, 0.4) is 0 Å². The highest BCUT2D eigenvalue weighted by Gasteiger charge is 2.27. The third kappa shape index (κ3) is 4.42. The number of hydrogen-bond donors (Lipinski definition) is 0. The Hall–Kier alpha value is -3.42. The molecule has 1 aliphatic rings. The largest absolute Gasteiger partial charge is 0.452 e. The first-order chi connectivity index (χ1) is 14.3. The summed E-state index contributed by atoms with van der Waals surface area (Å²) in [6.07, 6.45) is 2.83. The van der Waals surface area contributed by atoms with Gasteiger partial charge in [-0.2, -0.15) is 0 Å². The van der Waals surface area contributed by atoms with Crippen molar-refractivity contribution in [3.63, 3.8) is 0 Å². The molecule has 0 aromatic heterocycles. The number of rotatable bonds is 6. The molecule has 30 heavy (non-hydrogen) atoms. The molecule has 0 unspecified atom stereocenters. The quantitative estimate of drug-likeness (QED) is 0.411. The van der Waals surface area contributed by atoms with Gasteiger partial charge in [-0.05, 0) is 36.5 Å². The minimum atomic E-state index is -0.770. The normalized spacial score (nSPS) is 15.1. The second kappa shape index (κ2) is 8.94. The van der Waals surface area contributed by atoms with E-state index in [-0.39, 0.29) is 23.2 Å².